The highest BCUT2D eigenvalue weighted by molar-refractivity contribution is 6.15. The predicted molar refractivity (Wildman–Crippen MR) is 87.2 cm³/mol. The number of rotatable bonds is 1. The van der Waals surface area contributed by atoms with Crippen LogP contribution in [0.1, 0.15) is 28.6 Å². The molecule has 0 saturated carbocycles. The van der Waals surface area contributed by atoms with Crippen LogP contribution in [0, 0.1) is 30.2 Å². The summed E-state index contributed by atoms with van der Waals surface area (Å²) in [6.07, 6.45) is 0.594. The van der Waals surface area contributed by atoms with Gasteiger partial charge in [-0.2, -0.15) is 4.39 Å². The number of aryl methyl sites for hydroxylation is 1. The maximum Gasteiger partial charge on any atom is 0.262 e. The topological polar surface area (TPSA) is 33.5 Å². The summed E-state index contributed by atoms with van der Waals surface area (Å²) >= 11 is 0. The summed E-state index contributed by atoms with van der Waals surface area (Å²) in [5, 5.41) is -0.680. The van der Waals surface area contributed by atoms with E-state index < -0.39 is 40.1 Å². The van der Waals surface area contributed by atoms with Gasteiger partial charge in [0.1, 0.15) is 5.76 Å². The Balaban J connectivity index is 1.96. The van der Waals surface area contributed by atoms with Gasteiger partial charge in [-0.3, -0.25) is 4.79 Å². The lowest BCUT2D eigenvalue weighted by atomic mass is 10.1. The molecule has 4 rings (SSSR count). The minimum Gasteiger partial charge on any atom is -0.457 e. The Labute approximate surface area is 145 Å². The molecular formula is C19H13F4NO2. The minimum absolute atomic E-state index is 0.107. The van der Waals surface area contributed by atoms with Crippen molar-refractivity contribution < 1.29 is 26.8 Å². The van der Waals surface area contributed by atoms with Gasteiger partial charge in [-0.25, -0.2) is 13.2 Å². The number of furan rings is 1. The number of hydrogen-bond donors (Lipinski definition) is 0. The summed E-state index contributed by atoms with van der Waals surface area (Å²) in [6, 6.07) is 6.97. The number of carbonyl (C=O) groups excluding carboxylic acids is 1. The number of carbonyl (C=O) groups is 1. The van der Waals surface area contributed by atoms with Crippen molar-refractivity contribution in [1.29, 1.82) is 0 Å². The van der Waals surface area contributed by atoms with Gasteiger partial charge in [-0.15, -0.1) is 0 Å². The Morgan fingerprint density at radius 2 is 1.73 bits per heavy atom. The molecule has 1 atom stereocenters. The van der Waals surface area contributed by atoms with E-state index in [4.69, 9.17) is 4.42 Å². The maximum absolute atomic E-state index is 14.3. The molecule has 134 valence electrons. The van der Waals surface area contributed by atoms with Crippen LogP contribution in [-0.2, 0) is 6.42 Å². The highest BCUT2D eigenvalue weighted by atomic mass is 19.2. The lowest BCUT2D eigenvalue weighted by molar-refractivity contribution is 0.0981. The lowest BCUT2D eigenvalue weighted by Gasteiger charge is -2.22. The van der Waals surface area contributed by atoms with Crippen LogP contribution in [0.4, 0.5) is 23.2 Å². The Morgan fingerprint density at radius 3 is 2.46 bits per heavy atom. The highest BCUT2D eigenvalue weighted by Gasteiger charge is 2.36. The first-order chi connectivity index (χ1) is 12.3. The highest BCUT2D eigenvalue weighted by Crippen LogP contribution is 2.38. The zero-order valence-corrected chi connectivity index (χ0v) is 13.9. The summed E-state index contributed by atoms with van der Waals surface area (Å²) in [7, 11) is 0. The van der Waals surface area contributed by atoms with Gasteiger partial charge in [0.2, 0.25) is 11.6 Å². The maximum atomic E-state index is 14.3. The summed E-state index contributed by atoms with van der Waals surface area (Å²) in [5.41, 5.74) is 0.464. The van der Waals surface area contributed by atoms with Gasteiger partial charge in [0.15, 0.2) is 17.2 Å². The van der Waals surface area contributed by atoms with Crippen LogP contribution < -0.4 is 4.90 Å². The first-order valence-electron chi connectivity index (χ1n) is 7.99. The van der Waals surface area contributed by atoms with Crippen LogP contribution in [0.3, 0.4) is 0 Å². The van der Waals surface area contributed by atoms with E-state index in [0.717, 1.165) is 5.56 Å². The molecule has 0 fully saturated rings. The van der Waals surface area contributed by atoms with Crippen molar-refractivity contribution in [2.75, 3.05) is 4.90 Å². The molecule has 1 unspecified atom stereocenters. The second-order valence-corrected chi connectivity index (χ2v) is 6.35. The number of halogens is 4. The molecule has 0 radical (unpaired) electrons. The molecule has 0 N–H and O–H groups in total. The number of hydrogen-bond acceptors (Lipinski definition) is 2. The average molecular weight is 363 g/mol. The standard InChI is InChI=1S/C19H13F4NO2/c1-8-7-10-5-3-4-6-11(10)24(8)19(25)12-9(2)26-18-13(12)14(20)15(21)16(22)17(18)23/h3-6,8H,7H2,1-2H3. The molecule has 0 bridgehead atoms. The van der Waals surface area contributed by atoms with E-state index in [1.165, 1.54) is 11.8 Å². The number of benzene rings is 2. The fraction of sp³-hybridized carbons (Fsp3) is 0.211. The smallest absolute Gasteiger partial charge is 0.262 e. The first-order valence-corrected chi connectivity index (χ1v) is 7.99. The van der Waals surface area contributed by atoms with Crippen molar-refractivity contribution >= 4 is 22.6 Å². The summed E-state index contributed by atoms with van der Waals surface area (Å²) < 4.78 is 60.6. The van der Waals surface area contributed by atoms with E-state index in [2.05, 4.69) is 0 Å². The van der Waals surface area contributed by atoms with Gasteiger partial charge in [0.05, 0.1) is 10.9 Å². The quantitative estimate of drug-likeness (QED) is 0.350. The van der Waals surface area contributed by atoms with Crippen LogP contribution in [0.15, 0.2) is 28.7 Å². The number of fused-ring (bicyclic) bond motifs is 2. The fourth-order valence-corrected chi connectivity index (χ4v) is 3.56. The van der Waals surface area contributed by atoms with E-state index >= 15 is 0 Å². The van der Waals surface area contributed by atoms with E-state index in [1.54, 1.807) is 12.1 Å². The van der Waals surface area contributed by atoms with E-state index in [-0.39, 0.29) is 17.4 Å². The van der Waals surface area contributed by atoms with Crippen molar-refractivity contribution in [3.05, 3.63) is 64.4 Å². The van der Waals surface area contributed by atoms with Gasteiger partial charge >= 0.3 is 0 Å². The zero-order valence-electron chi connectivity index (χ0n) is 13.9. The molecule has 3 aromatic rings. The van der Waals surface area contributed by atoms with Gasteiger partial charge in [0.25, 0.3) is 5.91 Å². The SMILES string of the molecule is Cc1oc2c(F)c(F)c(F)c(F)c2c1C(=O)N1c2ccccc2CC1C. The third-order valence-electron chi connectivity index (χ3n) is 4.72. The third-order valence-corrected chi connectivity index (χ3v) is 4.72. The van der Waals surface area contributed by atoms with Crippen LogP contribution in [-0.4, -0.2) is 11.9 Å². The second kappa shape index (κ2) is 5.59. The van der Waals surface area contributed by atoms with Gasteiger partial charge < -0.3 is 9.32 Å². The molecule has 2 heterocycles. The van der Waals surface area contributed by atoms with Gasteiger partial charge in [-0.1, -0.05) is 18.2 Å². The summed E-state index contributed by atoms with van der Waals surface area (Å²) in [6.45, 7) is 3.14. The monoisotopic (exact) mass is 363 g/mol. The molecule has 0 spiro atoms. The van der Waals surface area contributed by atoms with Crippen molar-refractivity contribution in [3.8, 4) is 0 Å². The third kappa shape index (κ3) is 2.09. The molecule has 2 aromatic carbocycles. The Kier molecular flexibility index (Phi) is 3.57. The largest absolute Gasteiger partial charge is 0.457 e. The molecule has 3 nitrogen and oxygen atoms in total. The Hall–Kier alpha value is -2.83. The fourth-order valence-electron chi connectivity index (χ4n) is 3.56. The number of anilines is 1. The summed E-state index contributed by atoms with van der Waals surface area (Å²) in [4.78, 5) is 14.6. The molecular weight excluding hydrogens is 350 g/mol. The molecule has 7 heteroatoms. The number of para-hydroxylation sites is 1. The Morgan fingerprint density at radius 1 is 1.08 bits per heavy atom. The van der Waals surface area contributed by atoms with Crippen molar-refractivity contribution in [2.45, 2.75) is 26.3 Å². The van der Waals surface area contributed by atoms with Crippen molar-refractivity contribution in [1.82, 2.24) is 0 Å². The zero-order chi connectivity index (χ0) is 18.7. The van der Waals surface area contributed by atoms with E-state index in [9.17, 15) is 22.4 Å². The van der Waals surface area contributed by atoms with Gasteiger partial charge in [0, 0.05) is 11.7 Å². The van der Waals surface area contributed by atoms with Gasteiger partial charge in [-0.05, 0) is 31.9 Å². The molecule has 1 aliphatic heterocycles. The Bertz CT molecular complexity index is 1070. The normalized spacial score (nSPS) is 16.4. The molecule has 0 saturated heterocycles. The van der Waals surface area contributed by atoms with Crippen molar-refractivity contribution in [2.24, 2.45) is 0 Å². The van der Waals surface area contributed by atoms with Crippen LogP contribution in [0.25, 0.3) is 11.0 Å². The molecule has 0 aliphatic carbocycles. The minimum atomic E-state index is -1.97. The van der Waals surface area contributed by atoms with Crippen molar-refractivity contribution in [3.63, 3.8) is 0 Å². The predicted octanol–water partition coefficient (Wildman–Crippen LogP) is 4.89. The van der Waals surface area contributed by atoms with Crippen LogP contribution >= 0.6 is 0 Å². The molecule has 1 aromatic heterocycles. The molecule has 1 aliphatic rings. The van der Waals surface area contributed by atoms with E-state index in [0.29, 0.717) is 12.1 Å². The first kappa shape index (κ1) is 16.6. The number of nitrogens with zero attached hydrogens (tertiary/aromatic N) is 1. The lowest BCUT2D eigenvalue weighted by Crippen LogP contribution is -2.36. The second-order valence-electron chi connectivity index (χ2n) is 6.35. The summed E-state index contributed by atoms with van der Waals surface area (Å²) in [5.74, 6) is -8.00. The average Bonchev–Trinajstić information content (AvgIpc) is 3.14. The van der Waals surface area contributed by atoms with Crippen LogP contribution in [0.5, 0.6) is 0 Å². The molecule has 1 amide bonds. The van der Waals surface area contributed by atoms with E-state index in [1.807, 2.05) is 19.1 Å². The molecule has 26 heavy (non-hydrogen) atoms. The number of amides is 1. The van der Waals surface area contributed by atoms with Crippen LogP contribution in [0.2, 0.25) is 0 Å².